The van der Waals surface area contributed by atoms with Gasteiger partial charge in [-0.15, -0.1) is 0 Å². The molecule has 0 aliphatic heterocycles. The summed E-state index contributed by atoms with van der Waals surface area (Å²) in [5.74, 6) is -0.537. The number of ether oxygens (including phenoxy) is 1. The minimum Gasteiger partial charge on any atom is -0.462 e. The fourth-order valence-corrected chi connectivity index (χ4v) is 4.19. The molecule has 0 bridgehead atoms. The van der Waals surface area contributed by atoms with Crippen molar-refractivity contribution in [2.45, 2.75) is 58.8 Å². The monoisotopic (exact) mass is 458 g/mol. The van der Waals surface area contributed by atoms with Crippen LogP contribution in [0, 0.1) is 5.92 Å². The molecule has 1 unspecified atom stereocenters. The molecular weight excluding hydrogens is 420 g/mol. The highest BCUT2D eigenvalue weighted by atomic mass is 16.5. The number of benzene rings is 3. The predicted molar refractivity (Wildman–Crippen MR) is 141 cm³/mol. The number of carbonyl (C=O) groups excluding carboxylic acids is 1. The van der Waals surface area contributed by atoms with Crippen LogP contribution in [0.5, 0.6) is 0 Å². The lowest BCUT2D eigenvalue weighted by Gasteiger charge is -2.15. The summed E-state index contributed by atoms with van der Waals surface area (Å²) in [6.07, 6.45) is 7.75. The van der Waals surface area contributed by atoms with Crippen molar-refractivity contribution in [3.63, 3.8) is 0 Å². The van der Waals surface area contributed by atoms with Gasteiger partial charge in [-0.25, -0.2) is 4.79 Å². The van der Waals surface area contributed by atoms with E-state index in [0.29, 0.717) is 12.0 Å². The van der Waals surface area contributed by atoms with Gasteiger partial charge >= 0.3 is 5.97 Å². The number of carbonyl (C=O) groups is 1. The van der Waals surface area contributed by atoms with E-state index in [1.54, 1.807) is 6.92 Å². The fraction of sp³-hybridized carbons (Fsp3) is 0.387. The Morgan fingerprint density at radius 1 is 0.853 bits per heavy atom. The van der Waals surface area contributed by atoms with Gasteiger partial charge in [0.15, 0.2) is 0 Å². The molecule has 1 atom stereocenters. The molecule has 0 heterocycles. The van der Waals surface area contributed by atoms with Crippen molar-refractivity contribution in [2.24, 2.45) is 5.92 Å². The Balaban J connectivity index is 1.56. The Hall–Kier alpha value is -2.91. The van der Waals surface area contributed by atoms with Crippen LogP contribution in [0.3, 0.4) is 0 Å². The molecule has 0 aromatic heterocycles. The van der Waals surface area contributed by atoms with Crippen molar-refractivity contribution in [3.05, 3.63) is 95.1 Å². The molecule has 0 spiro atoms. The molecule has 1 N–H and O–H groups in total. The number of aliphatic hydroxyl groups is 1. The van der Waals surface area contributed by atoms with E-state index in [2.05, 4.69) is 74.2 Å². The summed E-state index contributed by atoms with van der Waals surface area (Å²) in [4.78, 5) is 11.6. The van der Waals surface area contributed by atoms with E-state index in [-0.39, 0.29) is 19.1 Å². The van der Waals surface area contributed by atoms with Crippen molar-refractivity contribution < 1.29 is 14.6 Å². The fourth-order valence-electron chi connectivity index (χ4n) is 4.19. The van der Waals surface area contributed by atoms with E-state index in [1.165, 1.54) is 53.1 Å². The molecule has 0 aliphatic carbocycles. The highest BCUT2D eigenvalue weighted by Crippen LogP contribution is 2.21. The summed E-state index contributed by atoms with van der Waals surface area (Å²) in [5, 5.41) is 12.1. The average molecular weight is 459 g/mol. The van der Waals surface area contributed by atoms with Crippen LogP contribution in [0.1, 0.15) is 55.4 Å². The molecule has 3 aromatic carbocycles. The van der Waals surface area contributed by atoms with Gasteiger partial charge in [0.25, 0.3) is 0 Å². The summed E-state index contributed by atoms with van der Waals surface area (Å²) >= 11 is 0. The zero-order chi connectivity index (χ0) is 24.3. The molecule has 0 fully saturated rings. The molecular formula is C31H38O3. The molecule has 0 saturated carbocycles. The summed E-state index contributed by atoms with van der Waals surface area (Å²) in [5.41, 5.74) is 5.67. The van der Waals surface area contributed by atoms with Gasteiger partial charge in [-0.05, 0) is 72.1 Å². The Kier molecular flexibility index (Phi) is 9.90. The zero-order valence-electron chi connectivity index (χ0n) is 20.7. The largest absolute Gasteiger partial charge is 0.462 e. The van der Waals surface area contributed by atoms with Crippen molar-refractivity contribution in [1.29, 1.82) is 0 Å². The van der Waals surface area contributed by atoms with Crippen LogP contribution >= 0.6 is 0 Å². The Morgan fingerprint density at radius 3 is 2.03 bits per heavy atom. The van der Waals surface area contributed by atoms with Crippen LogP contribution in [-0.2, 0) is 35.2 Å². The van der Waals surface area contributed by atoms with Gasteiger partial charge in [-0.2, -0.15) is 0 Å². The van der Waals surface area contributed by atoms with E-state index >= 15 is 0 Å². The number of esters is 1. The molecule has 3 rings (SSSR count). The van der Waals surface area contributed by atoms with Gasteiger partial charge in [0.2, 0.25) is 0 Å². The van der Waals surface area contributed by atoms with E-state index in [1.807, 2.05) is 0 Å². The Labute approximate surface area is 204 Å². The third kappa shape index (κ3) is 7.85. The van der Waals surface area contributed by atoms with Gasteiger partial charge in [-0.3, -0.25) is 0 Å². The molecule has 3 nitrogen and oxygen atoms in total. The normalized spacial score (nSPS) is 12.0. The van der Waals surface area contributed by atoms with Crippen molar-refractivity contribution in [2.75, 3.05) is 13.2 Å². The number of aryl methyl sites for hydroxylation is 3. The quantitative estimate of drug-likeness (QED) is 0.178. The third-order valence-electron chi connectivity index (χ3n) is 6.34. The Morgan fingerprint density at radius 2 is 1.41 bits per heavy atom. The van der Waals surface area contributed by atoms with Crippen molar-refractivity contribution in [3.8, 4) is 0 Å². The first-order valence-corrected chi connectivity index (χ1v) is 12.5. The van der Waals surface area contributed by atoms with E-state index in [0.717, 1.165) is 18.4 Å². The van der Waals surface area contributed by atoms with Gasteiger partial charge in [0.1, 0.15) is 0 Å². The first kappa shape index (κ1) is 25.7. The third-order valence-corrected chi connectivity index (χ3v) is 6.34. The zero-order valence-corrected chi connectivity index (χ0v) is 20.7. The number of fused-ring (bicyclic) bond motifs is 1. The molecule has 180 valence electrons. The van der Waals surface area contributed by atoms with Crippen LogP contribution in [-0.4, -0.2) is 24.3 Å². The lowest BCUT2D eigenvalue weighted by molar-refractivity contribution is -0.140. The van der Waals surface area contributed by atoms with Crippen molar-refractivity contribution >= 4 is 16.7 Å². The maximum Gasteiger partial charge on any atom is 0.333 e. The highest BCUT2D eigenvalue weighted by molar-refractivity contribution is 5.87. The van der Waals surface area contributed by atoms with Crippen LogP contribution in [0.25, 0.3) is 10.8 Å². The first-order valence-electron chi connectivity index (χ1n) is 12.5. The lowest BCUT2D eigenvalue weighted by Crippen LogP contribution is -2.19. The predicted octanol–water partition coefficient (Wildman–Crippen LogP) is 6.63. The number of unbranched alkanes of at least 4 members (excludes halogenated alkanes) is 2. The summed E-state index contributed by atoms with van der Waals surface area (Å²) in [7, 11) is 0. The number of hydrogen-bond acceptors (Lipinski definition) is 3. The first-order chi connectivity index (χ1) is 16.5. The summed E-state index contributed by atoms with van der Waals surface area (Å²) in [6, 6.07) is 22.2. The maximum atomic E-state index is 11.6. The highest BCUT2D eigenvalue weighted by Gasteiger charge is 2.13. The van der Waals surface area contributed by atoms with Gasteiger partial charge < -0.3 is 9.84 Å². The Bertz CT molecular complexity index is 1080. The molecule has 0 aliphatic rings. The molecule has 0 saturated heterocycles. The second-order valence-electron chi connectivity index (χ2n) is 9.42. The smallest absolute Gasteiger partial charge is 0.333 e. The lowest BCUT2D eigenvalue weighted by atomic mass is 9.96. The molecule has 0 amide bonds. The number of hydrogen-bond donors (Lipinski definition) is 1. The van der Waals surface area contributed by atoms with Crippen LogP contribution in [0.2, 0.25) is 0 Å². The summed E-state index contributed by atoms with van der Waals surface area (Å²) < 4.78 is 5.23. The summed E-state index contributed by atoms with van der Waals surface area (Å²) in [6.45, 7) is 7.63. The SMILES string of the molecule is C=C(C)C(=O)OCC(CO)Cc1ccc2cc(CCc3ccc(CCCCC)cc3)ccc2c1. The number of aliphatic hydroxyl groups excluding tert-OH is 1. The van der Waals surface area contributed by atoms with Crippen LogP contribution in [0.15, 0.2) is 72.8 Å². The minimum atomic E-state index is -0.410. The van der Waals surface area contributed by atoms with Crippen LogP contribution in [0.4, 0.5) is 0 Å². The van der Waals surface area contributed by atoms with Gasteiger partial charge in [0, 0.05) is 18.1 Å². The van der Waals surface area contributed by atoms with E-state index in [4.69, 9.17) is 4.74 Å². The van der Waals surface area contributed by atoms with Crippen LogP contribution < -0.4 is 0 Å². The van der Waals surface area contributed by atoms with E-state index in [9.17, 15) is 9.90 Å². The molecule has 34 heavy (non-hydrogen) atoms. The molecule has 3 aromatic rings. The topological polar surface area (TPSA) is 46.5 Å². The standard InChI is InChI=1S/C31H38O3/c1-4-5-6-7-24-8-10-25(11-9-24)12-13-26-14-16-30-20-27(15-17-29(30)19-26)18-28(21-32)22-34-31(33)23(2)3/h8-11,14-17,19-20,28,32H,2,4-7,12-13,18,21-22H2,1,3H3. The minimum absolute atomic E-state index is 0.0276. The maximum absolute atomic E-state index is 11.6. The van der Waals surface area contributed by atoms with E-state index < -0.39 is 5.97 Å². The average Bonchev–Trinajstić information content (AvgIpc) is 2.85. The van der Waals surface area contributed by atoms with Gasteiger partial charge in [-0.1, -0.05) is 87.0 Å². The van der Waals surface area contributed by atoms with Gasteiger partial charge in [0.05, 0.1) is 6.61 Å². The molecule has 0 radical (unpaired) electrons. The number of rotatable bonds is 13. The second kappa shape index (κ2) is 13.1. The van der Waals surface area contributed by atoms with Crippen molar-refractivity contribution in [1.82, 2.24) is 0 Å². The molecule has 3 heteroatoms. The second-order valence-corrected chi connectivity index (χ2v) is 9.42.